The van der Waals surface area contributed by atoms with Crippen LogP contribution in [0.4, 0.5) is 13.2 Å². The lowest BCUT2D eigenvalue weighted by molar-refractivity contribution is -0.143. The van der Waals surface area contributed by atoms with Gasteiger partial charge in [-0.1, -0.05) is 18.2 Å². The second-order valence-electron chi connectivity index (χ2n) is 6.62. The normalized spacial score (nSPS) is 20.5. The SMILES string of the molecule is CC1=NC(C)=C(C(=O)OC(C)C)C(c2cccc(C(F)(F)F)c2)C1C(=O)O. The average molecular weight is 383 g/mol. The fourth-order valence-electron chi connectivity index (χ4n) is 3.17. The zero-order valence-electron chi connectivity index (χ0n) is 15.3. The largest absolute Gasteiger partial charge is 0.481 e. The van der Waals surface area contributed by atoms with Crippen LogP contribution in [0, 0.1) is 5.92 Å². The smallest absolute Gasteiger partial charge is 0.416 e. The molecule has 5 nitrogen and oxygen atoms in total. The maximum absolute atomic E-state index is 13.1. The lowest BCUT2D eigenvalue weighted by Gasteiger charge is -2.31. The van der Waals surface area contributed by atoms with Gasteiger partial charge in [-0.05, 0) is 39.3 Å². The highest BCUT2D eigenvalue weighted by Crippen LogP contribution is 2.41. The summed E-state index contributed by atoms with van der Waals surface area (Å²) in [4.78, 5) is 28.6. The van der Waals surface area contributed by atoms with Gasteiger partial charge in [-0.3, -0.25) is 9.79 Å². The maximum Gasteiger partial charge on any atom is 0.416 e. The summed E-state index contributed by atoms with van der Waals surface area (Å²) < 4.78 is 44.6. The average Bonchev–Trinajstić information content (AvgIpc) is 2.52. The van der Waals surface area contributed by atoms with Crippen molar-refractivity contribution in [3.05, 3.63) is 46.7 Å². The standard InChI is InChI=1S/C19H20F3NO4/c1-9(2)27-18(26)15-11(4)23-10(3)14(17(24)25)16(15)12-6-5-7-13(8-12)19(20,21)22/h5-9,14,16H,1-4H3,(H,24,25). The second-order valence-corrected chi connectivity index (χ2v) is 6.62. The molecule has 0 aliphatic carbocycles. The number of allylic oxidation sites excluding steroid dienone is 1. The summed E-state index contributed by atoms with van der Waals surface area (Å²) in [5, 5.41) is 9.66. The molecule has 1 heterocycles. The molecule has 0 amide bonds. The van der Waals surface area contributed by atoms with Crippen molar-refractivity contribution in [2.24, 2.45) is 10.9 Å². The predicted molar refractivity (Wildman–Crippen MR) is 92.3 cm³/mol. The number of ether oxygens (including phenoxy) is 1. The number of halogens is 3. The molecule has 0 aromatic heterocycles. The van der Waals surface area contributed by atoms with Crippen molar-refractivity contribution < 1.29 is 32.6 Å². The number of aliphatic imine (C=N–C) groups is 1. The molecule has 146 valence electrons. The Bertz CT molecular complexity index is 824. The van der Waals surface area contributed by atoms with Gasteiger partial charge in [-0.2, -0.15) is 13.2 Å². The molecule has 0 spiro atoms. The summed E-state index contributed by atoms with van der Waals surface area (Å²) >= 11 is 0. The van der Waals surface area contributed by atoms with Crippen LogP contribution in [0.5, 0.6) is 0 Å². The van der Waals surface area contributed by atoms with Crippen LogP contribution in [0.1, 0.15) is 44.7 Å². The molecule has 1 aliphatic rings. The molecule has 0 saturated carbocycles. The van der Waals surface area contributed by atoms with E-state index in [9.17, 15) is 27.9 Å². The number of carboxylic acids is 1. The number of hydrogen-bond acceptors (Lipinski definition) is 4. The number of esters is 1. The Hall–Kier alpha value is -2.64. The number of aliphatic carboxylic acids is 1. The summed E-state index contributed by atoms with van der Waals surface area (Å²) in [5.74, 6) is -4.46. The van der Waals surface area contributed by atoms with E-state index in [1.165, 1.54) is 26.0 Å². The summed E-state index contributed by atoms with van der Waals surface area (Å²) in [5.41, 5.74) is -0.442. The number of benzene rings is 1. The fraction of sp³-hybridized carbons (Fsp3) is 0.421. The molecule has 0 saturated heterocycles. The van der Waals surface area contributed by atoms with Gasteiger partial charge in [-0.15, -0.1) is 0 Å². The molecule has 2 atom stereocenters. The van der Waals surface area contributed by atoms with Crippen LogP contribution in [0.15, 0.2) is 40.5 Å². The molecule has 2 rings (SSSR count). The van der Waals surface area contributed by atoms with Crippen LogP contribution < -0.4 is 0 Å². The predicted octanol–water partition coefficient (Wildman–Crippen LogP) is 4.19. The third-order valence-corrected chi connectivity index (χ3v) is 4.23. The number of carboxylic acid groups (broad SMARTS) is 1. The first-order chi connectivity index (χ1) is 12.4. The maximum atomic E-state index is 13.1. The Balaban J connectivity index is 2.67. The van der Waals surface area contributed by atoms with E-state index in [4.69, 9.17) is 4.74 Å². The molecule has 1 aromatic rings. The Morgan fingerprint density at radius 3 is 2.37 bits per heavy atom. The highest BCUT2D eigenvalue weighted by atomic mass is 19.4. The van der Waals surface area contributed by atoms with Crippen LogP contribution in [0.25, 0.3) is 0 Å². The quantitative estimate of drug-likeness (QED) is 0.791. The highest BCUT2D eigenvalue weighted by molar-refractivity contribution is 6.06. The summed E-state index contributed by atoms with van der Waals surface area (Å²) in [6, 6.07) is 4.34. The molecule has 0 fully saturated rings. The van der Waals surface area contributed by atoms with E-state index in [2.05, 4.69) is 4.99 Å². The van der Waals surface area contributed by atoms with Gasteiger partial charge in [0.25, 0.3) is 0 Å². The minimum atomic E-state index is -4.59. The molecular weight excluding hydrogens is 363 g/mol. The zero-order valence-corrected chi connectivity index (χ0v) is 15.3. The third kappa shape index (κ3) is 4.37. The van der Waals surface area contributed by atoms with Gasteiger partial charge in [0.1, 0.15) is 5.92 Å². The van der Waals surface area contributed by atoms with E-state index in [1.54, 1.807) is 13.8 Å². The highest BCUT2D eigenvalue weighted by Gasteiger charge is 2.42. The van der Waals surface area contributed by atoms with Gasteiger partial charge in [-0.25, -0.2) is 4.79 Å². The fourth-order valence-corrected chi connectivity index (χ4v) is 3.17. The van der Waals surface area contributed by atoms with Crippen molar-refractivity contribution in [3.8, 4) is 0 Å². The molecule has 1 aliphatic heterocycles. The molecule has 0 bridgehead atoms. The van der Waals surface area contributed by atoms with E-state index in [0.717, 1.165) is 12.1 Å². The lowest BCUT2D eigenvalue weighted by atomic mass is 9.75. The van der Waals surface area contributed by atoms with Gasteiger partial charge >= 0.3 is 18.1 Å². The van der Waals surface area contributed by atoms with Gasteiger partial charge in [0.2, 0.25) is 0 Å². The number of carbonyl (C=O) groups excluding carboxylic acids is 1. The Morgan fingerprint density at radius 2 is 1.85 bits per heavy atom. The van der Waals surface area contributed by atoms with Crippen molar-refractivity contribution >= 4 is 17.7 Å². The van der Waals surface area contributed by atoms with E-state index >= 15 is 0 Å². The molecule has 1 aromatic carbocycles. The van der Waals surface area contributed by atoms with E-state index in [0.29, 0.717) is 0 Å². The van der Waals surface area contributed by atoms with Crippen LogP contribution >= 0.6 is 0 Å². The number of alkyl halides is 3. The van der Waals surface area contributed by atoms with Crippen LogP contribution in [0.3, 0.4) is 0 Å². The molecule has 1 N–H and O–H groups in total. The Kier molecular flexibility index (Phi) is 5.77. The first kappa shape index (κ1) is 20.7. The lowest BCUT2D eigenvalue weighted by Crippen LogP contribution is -2.36. The van der Waals surface area contributed by atoms with Gasteiger partial charge in [0.15, 0.2) is 0 Å². The Morgan fingerprint density at radius 1 is 1.22 bits per heavy atom. The van der Waals surface area contributed by atoms with E-state index < -0.39 is 41.6 Å². The number of nitrogens with zero attached hydrogens (tertiary/aromatic N) is 1. The van der Waals surface area contributed by atoms with Crippen molar-refractivity contribution in [1.82, 2.24) is 0 Å². The van der Waals surface area contributed by atoms with Crippen molar-refractivity contribution in [2.45, 2.75) is 45.9 Å². The van der Waals surface area contributed by atoms with Crippen LogP contribution in [-0.4, -0.2) is 28.9 Å². The topological polar surface area (TPSA) is 76.0 Å². The molecule has 2 unspecified atom stereocenters. The summed E-state index contributed by atoms with van der Waals surface area (Å²) in [7, 11) is 0. The van der Waals surface area contributed by atoms with Crippen molar-refractivity contribution in [2.75, 3.05) is 0 Å². The molecule has 27 heavy (non-hydrogen) atoms. The van der Waals surface area contributed by atoms with Crippen molar-refractivity contribution in [3.63, 3.8) is 0 Å². The third-order valence-electron chi connectivity index (χ3n) is 4.23. The molecule has 8 heteroatoms. The Labute approximate surface area is 154 Å². The van der Waals surface area contributed by atoms with Crippen LogP contribution in [0.2, 0.25) is 0 Å². The first-order valence-electron chi connectivity index (χ1n) is 8.30. The summed E-state index contributed by atoms with van der Waals surface area (Å²) in [6.07, 6.45) is -5.07. The van der Waals surface area contributed by atoms with Gasteiger partial charge < -0.3 is 9.84 Å². The minimum absolute atomic E-state index is 0.0407. The van der Waals surface area contributed by atoms with Crippen LogP contribution in [-0.2, 0) is 20.5 Å². The van der Waals surface area contributed by atoms with Gasteiger partial charge in [0.05, 0.1) is 17.2 Å². The van der Waals surface area contributed by atoms with Gasteiger partial charge in [0, 0.05) is 17.3 Å². The van der Waals surface area contributed by atoms with E-state index in [1.807, 2.05) is 0 Å². The zero-order chi connectivity index (χ0) is 20.5. The number of carbonyl (C=O) groups is 2. The minimum Gasteiger partial charge on any atom is -0.481 e. The second kappa shape index (κ2) is 7.54. The van der Waals surface area contributed by atoms with Crippen molar-refractivity contribution in [1.29, 1.82) is 0 Å². The first-order valence-corrected chi connectivity index (χ1v) is 8.30. The molecular formula is C19H20F3NO4. The number of hydrogen-bond donors (Lipinski definition) is 1. The summed E-state index contributed by atoms with van der Waals surface area (Å²) in [6.45, 7) is 6.24. The monoisotopic (exact) mass is 383 g/mol. The van der Waals surface area contributed by atoms with E-state index in [-0.39, 0.29) is 22.5 Å². The molecule has 0 radical (unpaired) electrons. The number of rotatable bonds is 4.